The van der Waals surface area contributed by atoms with Gasteiger partial charge in [-0.2, -0.15) is 13.2 Å². The van der Waals surface area contributed by atoms with Crippen molar-refractivity contribution in [2.75, 3.05) is 0 Å². The SMILES string of the molecule is CC1=C(C)C(=O)C(CC[C@](C)(O)CCCCCCCCC(F)(F)F)=C(C)C1=O. The van der Waals surface area contributed by atoms with Crippen molar-refractivity contribution < 1.29 is 27.9 Å². The molecule has 0 aliphatic heterocycles. The number of unbranched alkanes of at least 4 members (excludes halogenated alkanes) is 5. The first-order chi connectivity index (χ1) is 12.9. The fraction of sp³-hybridized carbons (Fsp3) is 0.727. The molecule has 0 aromatic carbocycles. The Balaban J connectivity index is 2.33. The Labute approximate surface area is 166 Å². The fourth-order valence-electron chi connectivity index (χ4n) is 3.51. The van der Waals surface area contributed by atoms with E-state index in [4.69, 9.17) is 0 Å². The molecule has 0 bridgehead atoms. The lowest BCUT2D eigenvalue weighted by Gasteiger charge is -2.25. The highest BCUT2D eigenvalue weighted by molar-refractivity contribution is 6.24. The standard InChI is InChI=1S/C22H33F3O3/c1-15-16(2)20(27)18(17(3)19(15)26)11-14-21(4,28)12-9-7-5-6-8-10-13-22(23,24)25/h28H,5-14H2,1-4H3/t21-/m1/s1. The summed E-state index contributed by atoms with van der Waals surface area (Å²) in [5.41, 5.74) is 1.02. The number of carbonyl (C=O) groups is 2. The maximum Gasteiger partial charge on any atom is 0.389 e. The Kier molecular flexibility index (Phi) is 9.12. The van der Waals surface area contributed by atoms with Gasteiger partial charge >= 0.3 is 6.18 Å². The van der Waals surface area contributed by atoms with Crippen molar-refractivity contribution in [3.63, 3.8) is 0 Å². The highest BCUT2D eigenvalue weighted by Gasteiger charge is 2.29. The van der Waals surface area contributed by atoms with Gasteiger partial charge in [-0.05, 0) is 53.4 Å². The average molecular weight is 402 g/mol. The number of carbonyl (C=O) groups excluding carboxylic acids is 2. The molecule has 1 N–H and O–H groups in total. The molecule has 0 unspecified atom stereocenters. The van der Waals surface area contributed by atoms with E-state index >= 15 is 0 Å². The minimum absolute atomic E-state index is 0.0998. The van der Waals surface area contributed by atoms with Crippen LogP contribution >= 0.6 is 0 Å². The van der Waals surface area contributed by atoms with E-state index < -0.39 is 18.2 Å². The lowest BCUT2D eigenvalue weighted by molar-refractivity contribution is -0.135. The van der Waals surface area contributed by atoms with E-state index in [1.807, 2.05) is 0 Å². The summed E-state index contributed by atoms with van der Waals surface area (Å²) in [6, 6.07) is 0. The number of halogens is 3. The number of alkyl halides is 3. The normalized spacial score (nSPS) is 18.1. The molecule has 1 aliphatic rings. The lowest BCUT2D eigenvalue weighted by atomic mass is 9.81. The van der Waals surface area contributed by atoms with Crippen LogP contribution in [0.1, 0.15) is 91.9 Å². The van der Waals surface area contributed by atoms with Crippen molar-refractivity contribution in [2.45, 2.75) is 104 Å². The second-order valence-corrected chi connectivity index (χ2v) is 8.25. The molecule has 6 heteroatoms. The molecule has 1 atom stereocenters. The van der Waals surface area contributed by atoms with Crippen LogP contribution in [0.4, 0.5) is 13.2 Å². The third-order valence-electron chi connectivity index (χ3n) is 5.65. The molecule has 0 spiro atoms. The Hall–Kier alpha value is -1.43. The van der Waals surface area contributed by atoms with Crippen molar-refractivity contribution in [2.24, 2.45) is 0 Å². The van der Waals surface area contributed by atoms with Crippen LogP contribution in [0.25, 0.3) is 0 Å². The number of allylic oxidation sites excluding steroid dienone is 4. The summed E-state index contributed by atoms with van der Waals surface area (Å²) >= 11 is 0. The Morgan fingerprint density at radius 2 is 1.18 bits per heavy atom. The zero-order chi connectivity index (χ0) is 21.5. The number of rotatable bonds is 11. The Morgan fingerprint density at radius 3 is 1.71 bits per heavy atom. The molecule has 0 saturated heterocycles. The van der Waals surface area contributed by atoms with E-state index in [9.17, 15) is 27.9 Å². The molecule has 28 heavy (non-hydrogen) atoms. The van der Waals surface area contributed by atoms with Crippen molar-refractivity contribution >= 4 is 11.6 Å². The van der Waals surface area contributed by atoms with E-state index in [2.05, 4.69) is 0 Å². The van der Waals surface area contributed by atoms with Crippen LogP contribution in [-0.2, 0) is 9.59 Å². The topological polar surface area (TPSA) is 54.4 Å². The first-order valence-electron chi connectivity index (χ1n) is 10.1. The van der Waals surface area contributed by atoms with Gasteiger partial charge in [-0.3, -0.25) is 9.59 Å². The van der Waals surface area contributed by atoms with Crippen molar-refractivity contribution in [1.82, 2.24) is 0 Å². The van der Waals surface area contributed by atoms with Gasteiger partial charge in [0.25, 0.3) is 0 Å². The van der Waals surface area contributed by atoms with Crippen LogP contribution in [0.3, 0.4) is 0 Å². The molecule has 0 heterocycles. The smallest absolute Gasteiger partial charge is 0.389 e. The Bertz CT molecular complexity index is 640. The van der Waals surface area contributed by atoms with Gasteiger partial charge in [-0.25, -0.2) is 0 Å². The molecule has 0 saturated carbocycles. The van der Waals surface area contributed by atoms with E-state index in [1.54, 1.807) is 27.7 Å². The summed E-state index contributed by atoms with van der Waals surface area (Å²) < 4.78 is 36.2. The first kappa shape index (κ1) is 24.6. The number of hydrogen-bond donors (Lipinski definition) is 1. The molecule has 1 rings (SSSR count). The van der Waals surface area contributed by atoms with Crippen LogP contribution in [0, 0.1) is 0 Å². The van der Waals surface area contributed by atoms with Crippen molar-refractivity contribution in [3.8, 4) is 0 Å². The highest BCUT2D eigenvalue weighted by Crippen LogP contribution is 2.30. The van der Waals surface area contributed by atoms with Crippen LogP contribution in [0.2, 0.25) is 0 Å². The lowest BCUT2D eigenvalue weighted by Crippen LogP contribution is -2.26. The quantitative estimate of drug-likeness (QED) is 0.340. The summed E-state index contributed by atoms with van der Waals surface area (Å²) in [5.74, 6) is -0.207. The second kappa shape index (κ2) is 10.4. The highest BCUT2D eigenvalue weighted by atomic mass is 19.4. The van der Waals surface area contributed by atoms with Gasteiger partial charge in [0.05, 0.1) is 5.60 Å². The first-order valence-corrected chi connectivity index (χ1v) is 10.1. The summed E-state index contributed by atoms with van der Waals surface area (Å²) in [6.07, 6.45) is 0.579. The van der Waals surface area contributed by atoms with Gasteiger partial charge in [0, 0.05) is 28.7 Å². The van der Waals surface area contributed by atoms with Crippen LogP contribution in [0.5, 0.6) is 0 Å². The van der Waals surface area contributed by atoms with E-state index in [1.165, 1.54) is 0 Å². The van der Waals surface area contributed by atoms with Crippen LogP contribution in [0.15, 0.2) is 22.3 Å². The van der Waals surface area contributed by atoms with E-state index in [-0.39, 0.29) is 18.0 Å². The average Bonchev–Trinajstić information content (AvgIpc) is 2.59. The zero-order valence-electron chi connectivity index (χ0n) is 17.5. The van der Waals surface area contributed by atoms with Crippen molar-refractivity contribution in [3.05, 3.63) is 22.3 Å². The minimum Gasteiger partial charge on any atom is -0.390 e. The molecule has 1 aliphatic carbocycles. The van der Waals surface area contributed by atoms with Gasteiger partial charge in [0.15, 0.2) is 11.6 Å². The largest absolute Gasteiger partial charge is 0.390 e. The Morgan fingerprint density at radius 1 is 0.714 bits per heavy atom. The number of Topliss-reactive ketones (excluding diaryl/α,β-unsaturated/α-hetero) is 2. The summed E-state index contributed by atoms with van der Waals surface area (Å²) in [4.78, 5) is 24.6. The van der Waals surface area contributed by atoms with Gasteiger partial charge in [0.1, 0.15) is 0 Å². The van der Waals surface area contributed by atoms with E-state index in [0.717, 1.165) is 25.7 Å². The predicted molar refractivity (Wildman–Crippen MR) is 104 cm³/mol. The fourth-order valence-corrected chi connectivity index (χ4v) is 3.51. The predicted octanol–water partition coefficient (Wildman–Crippen LogP) is 6.01. The second-order valence-electron chi connectivity index (χ2n) is 8.25. The summed E-state index contributed by atoms with van der Waals surface area (Å²) in [6.45, 7) is 6.72. The molecule has 0 aromatic heterocycles. The molecular formula is C22H33F3O3. The molecule has 0 amide bonds. The number of aliphatic hydroxyl groups is 1. The monoisotopic (exact) mass is 402 g/mol. The molecular weight excluding hydrogens is 369 g/mol. The zero-order valence-corrected chi connectivity index (χ0v) is 17.5. The number of ketones is 2. The minimum atomic E-state index is -4.07. The maximum absolute atomic E-state index is 12.4. The van der Waals surface area contributed by atoms with Crippen LogP contribution < -0.4 is 0 Å². The molecule has 3 nitrogen and oxygen atoms in total. The van der Waals surface area contributed by atoms with Crippen molar-refractivity contribution in [1.29, 1.82) is 0 Å². The van der Waals surface area contributed by atoms with Gasteiger partial charge in [-0.15, -0.1) is 0 Å². The van der Waals surface area contributed by atoms with Gasteiger partial charge in [0.2, 0.25) is 0 Å². The molecule has 0 aromatic rings. The molecule has 0 fully saturated rings. The molecule has 160 valence electrons. The number of hydrogen-bond acceptors (Lipinski definition) is 3. The maximum atomic E-state index is 12.4. The summed E-state index contributed by atoms with van der Waals surface area (Å²) in [7, 11) is 0. The molecule has 0 radical (unpaired) electrons. The van der Waals surface area contributed by atoms with E-state index in [0.29, 0.717) is 48.0 Å². The third-order valence-corrected chi connectivity index (χ3v) is 5.65. The summed E-state index contributed by atoms with van der Waals surface area (Å²) in [5, 5.41) is 10.6. The van der Waals surface area contributed by atoms with Crippen LogP contribution in [-0.4, -0.2) is 28.5 Å². The third kappa shape index (κ3) is 7.90. The van der Waals surface area contributed by atoms with Gasteiger partial charge < -0.3 is 5.11 Å². The van der Waals surface area contributed by atoms with Gasteiger partial charge in [-0.1, -0.05) is 32.1 Å².